The zero-order chi connectivity index (χ0) is 13.7. The molecule has 1 aliphatic rings. The van der Waals surface area contributed by atoms with Gasteiger partial charge in [-0.25, -0.2) is 0 Å². The van der Waals surface area contributed by atoms with Crippen LogP contribution >= 0.6 is 0 Å². The highest BCUT2D eigenvalue weighted by atomic mass is 14.8. The fourth-order valence-corrected chi connectivity index (χ4v) is 3.88. The van der Waals surface area contributed by atoms with E-state index in [1.807, 2.05) is 0 Å². The van der Waals surface area contributed by atoms with Crippen molar-refractivity contribution in [3.63, 3.8) is 0 Å². The van der Waals surface area contributed by atoms with Gasteiger partial charge in [-0.15, -0.1) is 0 Å². The molecule has 0 radical (unpaired) electrons. The Morgan fingerprint density at radius 2 is 2.00 bits per heavy atom. The second-order valence-electron chi connectivity index (χ2n) is 6.25. The minimum absolute atomic E-state index is 0.763. The maximum atomic E-state index is 3.40. The van der Waals surface area contributed by atoms with Gasteiger partial charge in [-0.2, -0.15) is 0 Å². The Hall–Kier alpha value is -0.820. The molecule has 1 aliphatic carbocycles. The van der Waals surface area contributed by atoms with Gasteiger partial charge in [0.2, 0.25) is 0 Å². The van der Waals surface area contributed by atoms with Crippen LogP contribution in [-0.4, -0.2) is 13.6 Å². The van der Waals surface area contributed by atoms with Crippen molar-refractivity contribution in [3.05, 3.63) is 35.4 Å². The molecule has 3 unspecified atom stereocenters. The largest absolute Gasteiger partial charge is 0.319 e. The summed E-state index contributed by atoms with van der Waals surface area (Å²) >= 11 is 0. The molecule has 1 heteroatoms. The summed E-state index contributed by atoms with van der Waals surface area (Å²) < 4.78 is 0. The fraction of sp³-hybridized carbons (Fsp3) is 0.667. The molecule has 1 saturated carbocycles. The van der Waals surface area contributed by atoms with Gasteiger partial charge in [0, 0.05) is 0 Å². The topological polar surface area (TPSA) is 12.0 Å². The van der Waals surface area contributed by atoms with E-state index in [0.29, 0.717) is 0 Å². The first kappa shape index (κ1) is 14.6. The zero-order valence-electron chi connectivity index (χ0n) is 12.8. The molecule has 19 heavy (non-hydrogen) atoms. The number of aryl methyl sites for hydroxylation is 1. The van der Waals surface area contributed by atoms with E-state index in [4.69, 9.17) is 0 Å². The average Bonchev–Trinajstić information content (AvgIpc) is 2.42. The summed E-state index contributed by atoms with van der Waals surface area (Å²) in [5.41, 5.74) is 3.08. The van der Waals surface area contributed by atoms with Crippen LogP contribution in [0.4, 0.5) is 0 Å². The molecule has 0 aliphatic heterocycles. The highest BCUT2D eigenvalue weighted by Crippen LogP contribution is 2.42. The van der Waals surface area contributed by atoms with Crippen molar-refractivity contribution in [1.82, 2.24) is 5.32 Å². The molecule has 1 aromatic carbocycles. The predicted molar refractivity (Wildman–Crippen MR) is 83.6 cm³/mol. The smallest absolute Gasteiger partial charge is 0.00177 e. The van der Waals surface area contributed by atoms with Crippen LogP contribution in [-0.2, 0) is 0 Å². The molecule has 1 aromatic rings. The van der Waals surface area contributed by atoms with Gasteiger partial charge in [-0.05, 0) is 62.2 Å². The maximum absolute atomic E-state index is 3.40. The monoisotopic (exact) mass is 259 g/mol. The molecule has 1 nitrogen and oxygen atoms in total. The van der Waals surface area contributed by atoms with Gasteiger partial charge in [-0.3, -0.25) is 0 Å². The summed E-state index contributed by atoms with van der Waals surface area (Å²) in [7, 11) is 2.09. The first-order valence-corrected chi connectivity index (χ1v) is 7.96. The van der Waals surface area contributed by atoms with E-state index < -0.39 is 0 Å². The lowest BCUT2D eigenvalue weighted by Crippen LogP contribution is -2.31. The van der Waals surface area contributed by atoms with Crippen molar-refractivity contribution in [2.24, 2.45) is 11.8 Å². The Morgan fingerprint density at radius 3 is 2.68 bits per heavy atom. The summed E-state index contributed by atoms with van der Waals surface area (Å²) in [6.45, 7) is 5.76. The summed E-state index contributed by atoms with van der Waals surface area (Å²) in [6.07, 6.45) is 6.97. The van der Waals surface area contributed by atoms with Crippen molar-refractivity contribution in [2.45, 2.75) is 51.9 Å². The Bertz CT molecular complexity index is 385. The first-order valence-electron chi connectivity index (χ1n) is 7.96. The van der Waals surface area contributed by atoms with Gasteiger partial charge in [-0.1, -0.05) is 50.5 Å². The number of benzene rings is 1. The van der Waals surface area contributed by atoms with Crippen LogP contribution in [0.3, 0.4) is 0 Å². The van der Waals surface area contributed by atoms with Crippen LogP contribution in [0.5, 0.6) is 0 Å². The molecule has 106 valence electrons. The Kier molecular flexibility index (Phi) is 5.45. The van der Waals surface area contributed by atoms with Crippen LogP contribution in [0, 0.1) is 18.8 Å². The molecule has 0 amide bonds. The van der Waals surface area contributed by atoms with Crippen molar-refractivity contribution in [2.75, 3.05) is 13.6 Å². The zero-order valence-corrected chi connectivity index (χ0v) is 12.8. The number of rotatable bonds is 5. The highest BCUT2D eigenvalue weighted by Gasteiger charge is 2.31. The highest BCUT2D eigenvalue weighted by molar-refractivity contribution is 5.30. The van der Waals surface area contributed by atoms with Gasteiger partial charge >= 0.3 is 0 Å². The normalized spacial score (nSPS) is 27.4. The lowest BCUT2D eigenvalue weighted by Gasteiger charge is -2.37. The van der Waals surface area contributed by atoms with Crippen molar-refractivity contribution >= 4 is 0 Å². The van der Waals surface area contributed by atoms with Crippen LogP contribution in [0.15, 0.2) is 24.3 Å². The molecule has 0 bridgehead atoms. The first-order chi connectivity index (χ1) is 9.26. The summed E-state index contributed by atoms with van der Waals surface area (Å²) in [4.78, 5) is 0. The Morgan fingerprint density at radius 1 is 1.21 bits per heavy atom. The van der Waals surface area contributed by atoms with Gasteiger partial charge in [0.05, 0.1) is 0 Å². The van der Waals surface area contributed by atoms with E-state index in [2.05, 4.69) is 50.5 Å². The Labute approximate surface area is 118 Å². The third-order valence-electron chi connectivity index (χ3n) is 4.85. The second-order valence-corrected chi connectivity index (χ2v) is 6.25. The van der Waals surface area contributed by atoms with Crippen LogP contribution in [0.25, 0.3) is 0 Å². The van der Waals surface area contributed by atoms with Crippen LogP contribution in [0.2, 0.25) is 0 Å². The number of hydrogen-bond donors (Lipinski definition) is 1. The molecular weight excluding hydrogens is 230 g/mol. The van der Waals surface area contributed by atoms with E-state index in [1.165, 1.54) is 37.7 Å². The molecule has 2 rings (SSSR count). The lowest BCUT2D eigenvalue weighted by molar-refractivity contribution is 0.222. The summed E-state index contributed by atoms with van der Waals surface area (Å²) in [5.74, 6) is 2.53. The molecule has 0 spiro atoms. The van der Waals surface area contributed by atoms with Gasteiger partial charge in [0.15, 0.2) is 0 Å². The quantitative estimate of drug-likeness (QED) is 0.820. The van der Waals surface area contributed by atoms with Gasteiger partial charge < -0.3 is 5.32 Å². The van der Waals surface area contributed by atoms with E-state index >= 15 is 0 Å². The lowest BCUT2D eigenvalue weighted by atomic mass is 9.69. The molecule has 0 heterocycles. The SMILES string of the molecule is CCCC1CCC(CNC)C(c2ccccc2C)C1. The summed E-state index contributed by atoms with van der Waals surface area (Å²) in [6, 6.07) is 9.01. The van der Waals surface area contributed by atoms with Crippen LogP contribution < -0.4 is 5.32 Å². The van der Waals surface area contributed by atoms with Gasteiger partial charge in [0.25, 0.3) is 0 Å². The standard InChI is InChI=1S/C18H29N/c1-4-7-15-10-11-16(13-19-3)18(12-15)17-9-6-5-8-14(17)2/h5-6,8-9,15-16,18-19H,4,7,10-13H2,1-3H3. The molecule has 1 N–H and O–H groups in total. The third-order valence-corrected chi connectivity index (χ3v) is 4.85. The molecule has 3 atom stereocenters. The van der Waals surface area contributed by atoms with E-state index in [0.717, 1.165) is 24.3 Å². The molecule has 0 saturated heterocycles. The number of hydrogen-bond acceptors (Lipinski definition) is 1. The minimum atomic E-state index is 0.763. The van der Waals surface area contributed by atoms with Crippen molar-refractivity contribution in [3.8, 4) is 0 Å². The summed E-state index contributed by atoms with van der Waals surface area (Å²) in [5, 5.41) is 3.40. The Balaban J connectivity index is 2.18. The van der Waals surface area contributed by atoms with E-state index in [1.54, 1.807) is 5.56 Å². The van der Waals surface area contributed by atoms with E-state index in [9.17, 15) is 0 Å². The van der Waals surface area contributed by atoms with Crippen molar-refractivity contribution in [1.29, 1.82) is 0 Å². The maximum Gasteiger partial charge on any atom is -0.00177 e. The molecule has 1 fully saturated rings. The average molecular weight is 259 g/mol. The predicted octanol–water partition coefficient (Wildman–Crippen LogP) is 4.51. The molecule has 0 aromatic heterocycles. The third kappa shape index (κ3) is 3.60. The number of nitrogens with one attached hydrogen (secondary N) is 1. The fourth-order valence-electron chi connectivity index (χ4n) is 3.88. The van der Waals surface area contributed by atoms with Crippen LogP contribution in [0.1, 0.15) is 56.1 Å². The van der Waals surface area contributed by atoms with Gasteiger partial charge in [0.1, 0.15) is 0 Å². The van der Waals surface area contributed by atoms with E-state index in [-0.39, 0.29) is 0 Å². The molecular formula is C18H29N. The minimum Gasteiger partial charge on any atom is -0.319 e. The van der Waals surface area contributed by atoms with Crippen molar-refractivity contribution < 1.29 is 0 Å². The second kappa shape index (κ2) is 7.09.